The Morgan fingerprint density at radius 1 is 1.20 bits per heavy atom. The molecule has 2 N–H and O–H groups in total. The molecule has 2 unspecified atom stereocenters. The lowest BCUT2D eigenvalue weighted by Crippen LogP contribution is -2.51. The maximum absolute atomic E-state index is 13.8. The average molecular weight is 280 g/mol. The van der Waals surface area contributed by atoms with Crippen LogP contribution in [0.15, 0.2) is 12.1 Å². The maximum Gasteiger partial charge on any atom is 0.220 e. The first kappa shape index (κ1) is 13.1. The van der Waals surface area contributed by atoms with E-state index in [1.165, 1.54) is 6.07 Å². The highest BCUT2D eigenvalue weighted by Crippen LogP contribution is 2.28. The standard InChI is InChI=1S/C14H18F2N4/c1-8-4-3-5-9(2)19(8)20-12-7-10(15)6-11(16)13(12)18-14(20)17/h6-9H,3-5H2,1-2H3,(H2,17,18). The third kappa shape index (κ3) is 1.90. The van der Waals surface area contributed by atoms with Crippen LogP contribution in [0.4, 0.5) is 14.7 Å². The zero-order valence-electron chi connectivity index (χ0n) is 11.6. The normalized spacial score (nSPS) is 23.5. The van der Waals surface area contributed by atoms with Crippen LogP contribution in [0.1, 0.15) is 33.1 Å². The number of aromatic nitrogens is 2. The van der Waals surface area contributed by atoms with Gasteiger partial charge in [0.15, 0.2) is 5.82 Å². The number of nitrogen functional groups attached to an aromatic ring is 1. The van der Waals surface area contributed by atoms with Crippen molar-refractivity contribution < 1.29 is 8.78 Å². The van der Waals surface area contributed by atoms with Gasteiger partial charge in [0, 0.05) is 24.2 Å². The van der Waals surface area contributed by atoms with Crippen LogP contribution in [-0.4, -0.2) is 21.7 Å². The molecule has 1 aromatic carbocycles. The van der Waals surface area contributed by atoms with E-state index in [0.717, 1.165) is 25.3 Å². The molecule has 20 heavy (non-hydrogen) atoms. The van der Waals surface area contributed by atoms with Gasteiger partial charge in [0.05, 0.1) is 5.52 Å². The summed E-state index contributed by atoms with van der Waals surface area (Å²) < 4.78 is 29.0. The molecule has 1 aliphatic rings. The first-order valence-corrected chi connectivity index (χ1v) is 6.90. The molecule has 0 radical (unpaired) electrons. The lowest BCUT2D eigenvalue weighted by Gasteiger charge is -2.41. The summed E-state index contributed by atoms with van der Waals surface area (Å²) in [7, 11) is 0. The van der Waals surface area contributed by atoms with Gasteiger partial charge in [0.2, 0.25) is 5.95 Å². The van der Waals surface area contributed by atoms with Crippen LogP contribution in [0.25, 0.3) is 11.0 Å². The van der Waals surface area contributed by atoms with Crippen LogP contribution in [0.5, 0.6) is 0 Å². The highest BCUT2D eigenvalue weighted by Gasteiger charge is 2.28. The molecule has 1 aromatic heterocycles. The van der Waals surface area contributed by atoms with Gasteiger partial charge in [-0.05, 0) is 33.1 Å². The van der Waals surface area contributed by atoms with Crippen LogP contribution in [0.2, 0.25) is 0 Å². The number of hydrogen-bond acceptors (Lipinski definition) is 3. The molecule has 2 aromatic rings. The highest BCUT2D eigenvalue weighted by atomic mass is 19.1. The summed E-state index contributed by atoms with van der Waals surface area (Å²) in [6, 6.07) is 2.63. The first-order valence-electron chi connectivity index (χ1n) is 6.90. The minimum atomic E-state index is -0.678. The van der Waals surface area contributed by atoms with Crippen molar-refractivity contribution in [2.75, 3.05) is 10.7 Å². The second-order valence-electron chi connectivity index (χ2n) is 5.55. The lowest BCUT2D eigenvalue weighted by atomic mass is 10.00. The Kier molecular flexibility index (Phi) is 3.03. The summed E-state index contributed by atoms with van der Waals surface area (Å²) in [5, 5.41) is 2.08. The minimum Gasteiger partial charge on any atom is -0.368 e. The monoisotopic (exact) mass is 280 g/mol. The zero-order chi connectivity index (χ0) is 14.4. The molecule has 3 rings (SSSR count). The summed E-state index contributed by atoms with van der Waals surface area (Å²) >= 11 is 0. The second kappa shape index (κ2) is 4.61. The Hall–Kier alpha value is -1.85. The molecular formula is C14H18F2N4. The quantitative estimate of drug-likeness (QED) is 0.873. The van der Waals surface area contributed by atoms with Crippen molar-refractivity contribution in [3.8, 4) is 0 Å². The number of piperidine rings is 1. The molecule has 2 atom stereocenters. The Balaban J connectivity index is 2.22. The number of rotatable bonds is 1. The molecule has 1 saturated heterocycles. The van der Waals surface area contributed by atoms with E-state index in [1.54, 1.807) is 4.68 Å². The number of halogens is 2. The third-order valence-corrected chi connectivity index (χ3v) is 4.06. The average Bonchev–Trinajstić information content (AvgIpc) is 2.67. The van der Waals surface area contributed by atoms with Crippen LogP contribution in [0.3, 0.4) is 0 Å². The highest BCUT2D eigenvalue weighted by molar-refractivity contribution is 5.79. The van der Waals surface area contributed by atoms with Crippen LogP contribution in [0, 0.1) is 11.6 Å². The first-order chi connectivity index (χ1) is 9.49. The predicted molar refractivity (Wildman–Crippen MR) is 75.1 cm³/mol. The Bertz CT molecular complexity index is 642. The number of imidazole rings is 1. The number of benzene rings is 1. The molecular weight excluding hydrogens is 262 g/mol. The van der Waals surface area contributed by atoms with Crippen molar-refractivity contribution in [1.29, 1.82) is 0 Å². The summed E-state index contributed by atoms with van der Waals surface area (Å²) in [6.07, 6.45) is 3.20. The van der Waals surface area contributed by atoms with Gasteiger partial charge in [0.1, 0.15) is 11.3 Å². The summed E-state index contributed by atoms with van der Waals surface area (Å²) in [6.45, 7) is 4.19. The Morgan fingerprint density at radius 2 is 1.85 bits per heavy atom. The number of fused-ring (bicyclic) bond motifs is 1. The van der Waals surface area contributed by atoms with Crippen LogP contribution in [-0.2, 0) is 0 Å². The van der Waals surface area contributed by atoms with Crippen molar-refractivity contribution >= 4 is 17.0 Å². The van der Waals surface area contributed by atoms with Gasteiger partial charge in [-0.25, -0.2) is 18.4 Å². The lowest BCUT2D eigenvalue weighted by molar-refractivity contribution is 0.343. The SMILES string of the molecule is CC1CCCC(C)N1n1c(N)nc2c(F)cc(F)cc21. The van der Waals surface area contributed by atoms with Crippen molar-refractivity contribution in [3.05, 3.63) is 23.8 Å². The third-order valence-electron chi connectivity index (χ3n) is 4.06. The molecule has 108 valence electrons. The molecule has 0 saturated carbocycles. The second-order valence-corrected chi connectivity index (χ2v) is 5.55. The summed E-state index contributed by atoms with van der Waals surface area (Å²) in [5.74, 6) is -1.10. The van der Waals surface area contributed by atoms with E-state index < -0.39 is 11.6 Å². The van der Waals surface area contributed by atoms with Gasteiger partial charge in [0.25, 0.3) is 0 Å². The smallest absolute Gasteiger partial charge is 0.220 e. The molecule has 0 aliphatic carbocycles. The largest absolute Gasteiger partial charge is 0.368 e. The predicted octanol–water partition coefficient (Wildman–Crippen LogP) is 2.80. The van der Waals surface area contributed by atoms with Crippen molar-refractivity contribution in [2.24, 2.45) is 0 Å². The number of hydrogen-bond donors (Lipinski definition) is 1. The van der Waals surface area contributed by atoms with Gasteiger partial charge in [-0.1, -0.05) is 0 Å². The topological polar surface area (TPSA) is 47.1 Å². The summed E-state index contributed by atoms with van der Waals surface area (Å²) in [4.78, 5) is 4.06. The van der Waals surface area contributed by atoms with Crippen molar-refractivity contribution in [1.82, 2.24) is 9.66 Å². The summed E-state index contributed by atoms with van der Waals surface area (Å²) in [5.41, 5.74) is 6.46. The van der Waals surface area contributed by atoms with Gasteiger partial charge >= 0.3 is 0 Å². The molecule has 4 nitrogen and oxygen atoms in total. The molecule has 0 spiro atoms. The molecule has 0 amide bonds. The molecule has 1 fully saturated rings. The Morgan fingerprint density at radius 3 is 2.50 bits per heavy atom. The number of anilines is 1. The van der Waals surface area contributed by atoms with Crippen molar-refractivity contribution in [3.63, 3.8) is 0 Å². The fourth-order valence-electron chi connectivity index (χ4n) is 3.15. The van der Waals surface area contributed by atoms with Crippen molar-refractivity contribution in [2.45, 2.75) is 45.2 Å². The van der Waals surface area contributed by atoms with Crippen LogP contribution < -0.4 is 10.7 Å². The fraction of sp³-hybridized carbons (Fsp3) is 0.500. The van der Waals surface area contributed by atoms with E-state index in [1.807, 2.05) is 0 Å². The van der Waals surface area contributed by atoms with E-state index in [2.05, 4.69) is 23.8 Å². The molecule has 2 heterocycles. The maximum atomic E-state index is 13.8. The van der Waals surface area contributed by atoms with Gasteiger partial charge in [-0.2, -0.15) is 0 Å². The number of nitrogens with zero attached hydrogens (tertiary/aromatic N) is 3. The molecule has 0 bridgehead atoms. The Labute approximate surface area is 116 Å². The van der Waals surface area contributed by atoms with E-state index in [9.17, 15) is 8.78 Å². The fourth-order valence-corrected chi connectivity index (χ4v) is 3.15. The van der Waals surface area contributed by atoms with Gasteiger partial charge in [-0.15, -0.1) is 0 Å². The van der Waals surface area contributed by atoms with E-state index >= 15 is 0 Å². The van der Waals surface area contributed by atoms with Crippen LogP contribution >= 0.6 is 0 Å². The minimum absolute atomic E-state index is 0.119. The zero-order valence-corrected chi connectivity index (χ0v) is 11.6. The molecule has 1 aliphatic heterocycles. The molecule has 6 heteroatoms. The number of nitrogens with two attached hydrogens (primary N) is 1. The van der Waals surface area contributed by atoms with Gasteiger partial charge in [-0.3, -0.25) is 0 Å². The van der Waals surface area contributed by atoms with E-state index in [0.29, 0.717) is 5.52 Å². The van der Waals surface area contributed by atoms with E-state index in [-0.39, 0.29) is 23.5 Å². The van der Waals surface area contributed by atoms with E-state index in [4.69, 9.17) is 5.73 Å². The van der Waals surface area contributed by atoms with Gasteiger partial charge < -0.3 is 10.7 Å².